The van der Waals surface area contributed by atoms with E-state index >= 15 is 0 Å². The van der Waals surface area contributed by atoms with Crippen LogP contribution in [0.3, 0.4) is 0 Å². The molecule has 0 fully saturated rings. The molecule has 10 bridgehead atoms. The minimum Gasteiger partial charge on any atom is -0.389 e. The Labute approximate surface area is 271 Å². The van der Waals surface area contributed by atoms with Crippen molar-refractivity contribution in [2.45, 2.75) is 117 Å². The predicted octanol–water partition coefficient (Wildman–Crippen LogP) is 4.53. The van der Waals surface area contributed by atoms with Crippen molar-refractivity contribution in [3.8, 4) is 0 Å². The third-order valence-corrected chi connectivity index (χ3v) is 11.0. The number of unbranched alkanes of at least 4 members (excludes halogenated alkanes) is 2. The molecule has 0 aromatic carbocycles. The second-order valence-electron chi connectivity index (χ2n) is 13.7. The highest BCUT2D eigenvalue weighted by Crippen LogP contribution is 2.42. The lowest BCUT2D eigenvalue weighted by Gasteiger charge is -2.39. The second kappa shape index (κ2) is 12.1. The van der Waals surface area contributed by atoms with E-state index in [-0.39, 0.29) is 11.8 Å². The SMILES string of the molecule is CCCCc1c2[nH]c(c1C)C=c1[nH]c(c3c1C1C=CC3C(O)C1O)=Cc1[nH]c(c(CCCC)c1C)C=c1[nH]c(c(CC)c1CC)=C2. The molecule has 4 aliphatic rings. The molecule has 0 amide bonds. The van der Waals surface area contributed by atoms with Gasteiger partial charge in [-0.1, -0.05) is 52.7 Å². The quantitative estimate of drug-likeness (QED) is 0.144. The minimum atomic E-state index is -0.822. The van der Waals surface area contributed by atoms with Crippen LogP contribution < -0.4 is 21.4 Å². The Kier molecular flexibility index (Phi) is 8.14. The van der Waals surface area contributed by atoms with Crippen LogP contribution in [0.1, 0.15) is 132 Å². The number of H-pyrrole nitrogens is 4. The van der Waals surface area contributed by atoms with Crippen LogP contribution in [0.5, 0.6) is 0 Å². The summed E-state index contributed by atoms with van der Waals surface area (Å²) in [6.45, 7) is 13.5. The van der Waals surface area contributed by atoms with Gasteiger partial charge in [0.25, 0.3) is 0 Å². The maximum Gasteiger partial charge on any atom is 0.0912 e. The highest BCUT2D eigenvalue weighted by atomic mass is 16.3. The van der Waals surface area contributed by atoms with Crippen LogP contribution in [0.25, 0.3) is 24.3 Å². The fourth-order valence-electron chi connectivity index (χ4n) is 8.44. The van der Waals surface area contributed by atoms with Crippen LogP contribution in [0.15, 0.2) is 12.2 Å². The molecule has 4 aromatic heterocycles. The maximum absolute atomic E-state index is 11.2. The van der Waals surface area contributed by atoms with Gasteiger partial charge in [0.1, 0.15) is 0 Å². The highest BCUT2D eigenvalue weighted by molar-refractivity contribution is 5.66. The van der Waals surface area contributed by atoms with Gasteiger partial charge < -0.3 is 30.1 Å². The van der Waals surface area contributed by atoms with Gasteiger partial charge in [0.2, 0.25) is 0 Å². The second-order valence-corrected chi connectivity index (χ2v) is 13.7. The fraction of sp³-hybridized carbons (Fsp3) is 0.450. The lowest BCUT2D eigenvalue weighted by Crippen LogP contribution is -2.45. The van der Waals surface area contributed by atoms with Crippen molar-refractivity contribution < 1.29 is 10.2 Å². The smallest absolute Gasteiger partial charge is 0.0912 e. The molecule has 4 aromatic rings. The predicted molar refractivity (Wildman–Crippen MR) is 188 cm³/mol. The van der Waals surface area contributed by atoms with Crippen molar-refractivity contribution in [2.75, 3.05) is 0 Å². The lowest BCUT2D eigenvalue weighted by molar-refractivity contribution is -0.0105. The molecular weight excluding hydrogens is 568 g/mol. The van der Waals surface area contributed by atoms with Gasteiger partial charge in [-0.3, -0.25) is 0 Å². The average Bonchev–Trinajstić information content (AvgIpc) is 3.75. The fourth-order valence-corrected chi connectivity index (χ4v) is 8.44. The van der Waals surface area contributed by atoms with E-state index in [0.717, 1.165) is 84.6 Å². The first-order valence-electron chi connectivity index (χ1n) is 17.6. The summed E-state index contributed by atoms with van der Waals surface area (Å²) >= 11 is 0. The van der Waals surface area contributed by atoms with E-state index in [1.807, 2.05) is 0 Å². The maximum atomic E-state index is 11.2. The first kappa shape index (κ1) is 30.9. The molecule has 8 rings (SSSR count). The Morgan fingerprint density at radius 1 is 0.522 bits per heavy atom. The molecule has 6 N–H and O–H groups in total. The molecule has 4 atom stereocenters. The summed E-state index contributed by atoms with van der Waals surface area (Å²) in [5.74, 6) is -0.513. The van der Waals surface area contributed by atoms with Crippen LogP contribution in [0.4, 0.5) is 0 Å². The third-order valence-electron chi connectivity index (χ3n) is 11.0. The minimum absolute atomic E-state index is 0.257. The Hall–Kier alpha value is -3.74. The number of aromatic amines is 4. The zero-order chi connectivity index (χ0) is 32.3. The summed E-state index contributed by atoms with van der Waals surface area (Å²) in [6, 6.07) is 0. The van der Waals surface area contributed by atoms with E-state index in [4.69, 9.17) is 0 Å². The van der Waals surface area contributed by atoms with Gasteiger partial charge in [-0.15, -0.1) is 0 Å². The molecule has 0 saturated heterocycles. The zero-order valence-corrected chi connectivity index (χ0v) is 28.3. The monoisotopic (exact) mass is 618 g/mol. The van der Waals surface area contributed by atoms with Crippen molar-refractivity contribution in [3.05, 3.63) is 101 Å². The van der Waals surface area contributed by atoms with Gasteiger partial charge in [-0.25, -0.2) is 0 Å². The van der Waals surface area contributed by atoms with Gasteiger partial charge in [-0.2, -0.15) is 0 Å². The normalized spacial score (nSPS) is 21.0. The number of aliphatic hydroxyl groups excluding tert-OH is 2. The van der Waals surface area contributed by atoms with Crippen molar-refractivity contribution >= 4 is 24.3 Å². The van der Waals surface area contributed by atoms with E-state index in [2.05, 4.69) is 97.9 Å². The number of hydrogen-bond acceptors (Lipinski definition) is 2. The van der Waals surface area contributed by atoms with E-state index in [1.165, 1.54) is 55.5 Å². The van der Waals surface area contributed by atoms with E-state index in [0.29, 0.717) is 0 Å². The Bertz CT molecular complexity index is 1930. The molecule has 5 heterocycles. The molecule has 1 aliphatic heterocycles. The van der Waals surface area contributed by atoms with Crippen LogP contribution in [-0.2, 0) is 25.7 Å². The first-order chi connectivity index (χ1) is 22.3. The van der Waals surface area contributed by atoms with Gasteiger partial charge >= 0.3 is 0 Å². The molecule has 6 heteroatoms. The largest absolute Gasteiger partial charge is 0.389 e. The summed E-state index contributed by atoms with van der Waals surface area (Å²) in [4.78, 5) is 15.3. The van der Waals surface area contributed by atoms with Gasteiger partial charge in [0.05, 0.1) is 12.2 Å². The molecule has 6 nitrogen and oxygen atoms in total. The number of rotatable bonds is 8. The Morgan fingerprint density at radius 3 is 1.30 bits per heavy atom. The van der Waals surface area contributed by atoms with Crippen molar-refractivity contribution in [2.24, 2.45) is 0 Å². The van der Waals surface area contributed by atoms with Crippen LogP contribution in [0.2, 0.25) is 0 Å². The van der Waals surface area contributed by atoms with Crippen LogP contribution in [-0.4, -0.2) is 42.4 Å². The molecule has 3 aliphatic carbocycles. The molecule has 242 valence electrons. The zero-order valence-electron chi connectivity index (χ0n) is 28.3. The number of hydrogen-bond donors (Lipinski definition) is 6. The molecule has 46 heavy (non-hydrogen) atoms. The third kappa shape index (κ3) is 4.84. The first-order valence-corrected chi connectivity index (χ1v) is 17.6. The molecule has 4 unspecified atom stereocenters. The standard InChI is InChI=1S/C40H50N4O2/c1-7-11-13-25-21(5)29-17-35-37-27-15-16-28(40(46)39(27)45)38(37)36(44-35)18-30-22(6)26(14-12-8-2)34(42-30)20-32-24(10-4)23(9-3)31(43-32)19-33(25)41-29/h15-20,27-28,39-46H,7-14H2,1-6H3. The number of nitrogens with one attached hydrogen (secondary N) is 4. The Balaban J connectivity index is 1.60. The van der Waals surface area contributed by atoms with E-state index < -0.39 is 12.2 Å². The molecular formula is C40H50N4O2. The van der Waals surface area contributed by atoms with Gasteiger partial charge in [-0.05, 0) is 121 Å². The molecule has 0 spiro atoms. The van der Waals surface area contributed by atoms with E-state index in [1.54, 1.807) is 0 Å². The average molecular weight is 619 g/mol. The highest BCUT2D eigenvalue weighted by Gasteiger charge is 2.44. The van der Waals surface area contributed by atoms with Crippen molar-refractivity contribution in [3.63, 3.8) is 0 Å². The van der Waals surface area contributed by atoms with Crippen molar-refractivity contribution in [1.82, 2.24) is 19.9 Å². The van der Waals surface area contributed by atoms with E-state index in [9.17, 15) is 10.2 Å². The number of aromatic nitrogens is 4. The molecule has 0 radical (unpaired) electrons. The Morgan fingerprint density at radius 2 is 0.913 bits per heavy atom. The summed E-state index contributed by atoms with van der Waals surface area (Å²) < 4.78 is 0. The van der Waals surface area contributed by atoms with Crippen molar-refractivity contribution in [1.29, 1.82) is 0 Å². The van der Waals surface area contributed by atoms with Gasteiger partial charge in [0.15, 0.2) is 0 Å². The summed E-state index contributed by atoms with van der Waals surface area (Å²) in [7, 11) is 0. The summed E-state index contributed by atoms with van der Waals surface area (Å²) in [6.07, 6.45) is 20.2. The number of aliphatic hydroxyl groups is 2. The topological polar surface area (TPSA) is 104 Å². The summed E-state index contributed by atoms with van der Waals surface area (Å²) in [5, 5.41) is 26.7. The summed E-state index contributed by atoms with van der Waals surface area (Å²) in [5.41, 5.74) is 14.8. The van der Waals surface area contributed by atoms with Crippen LogP contribution >= 0.6 is 0 Å². The molecule has 0 saturated carbocycles. The van der Waals surface area contributed by atoms with Crippen LogP contribution in [0, 0.1) is 13.8 Å². The number of fused-ring (bicyclic) bond motifs is 9. The lowest BCUT2D eigenvalue weighted by atomic mass is 9.69. The van der Waals surface area contributed by atoms with Gasteiger partial charge in [0, 0.05) is 56.0 Å².